The molecule has 0 aliphatic heterocycles. The van der Waals surface area contributed by atoms with Crippen molar-refractivity contribution in [2.24, 2.45) is 0 Å². The summed E-state index contributed by atoms with van der Waals surface area (Å²) >= 11 is 1.60. The summed E-state index contributed by atoms with van der Waals surface area (Å²) in [6.07, 6.45) is 7.83. The van der Waals surface area contributed by atoms with Crippen LogP contribution in [0.3, 0.4) is 0 Å². The molecule has 1 aromatic carbocycles. The number of benzene rings is 1. The van der Waals surface area contributed by atoms with Crippen molar-refractivity contribution in [3.63, 3.8) is 0 Å². The van der Waals surface area contributed by atoms with Gasteiger partial charge in [-0.05, 0) is 50.3 Å². The number of rotatable bonds is 8. The Morgan fingerprint density at radius 1 is 1.20 bits per heavy atom. The van der Waals surface area contributed by atoms with E-state index in [1.165, 1.54) is 6.42 Å². The molecule has 1 unspecified atom stereocenters. The van der Waals surface area contributed by atoms with Gasteiger partial charge in [-0.3, -0.25) is 4.79 Å². The van der Waals surface area contributed by atoms with Gasteiger partial charge in [-0.1, -0.05) is 37.0 Å². The molecular weight excluding hydrogens is 356 g/mol. The Balaban J connectivity index is 2.07. The lowest BCUT2D eigenvalue weighted by Gasteiger charge is -2.26. The minimum atomic E-state index is -3.71. The van der Waals surface area contributed by atoms with Crippen molar-refractivity contribution in [3.8, 4) is 0 Å². The van der Waals surface area contributed by atoms with Gasteiger partial charge in [-0.15, -0.1) is 0 Å². The zero-order chi connectivity index (χ0) is 18.3. The standard InChI is InChI=1S/C18H28N2O3S2/c1-14-8-10-16(11-9-14)25(22,23)20-17(12-13-24-2)18(21)19-15-6-4-3-5-7-15/h8-11,15,17,20H,3-7,12-13H2,1-2H3,(H,19,21). The lowest BCUT2D eigenvalue weighted by atomic mass is 9.95. The zero-order valence-electron chi connectivity index (χ0n) is 15.0. The first kappa shape index (κ1) is 20.3. The molecule has 25 heavy (non-hydrogen) atoms. The molecule has 0 bridgehead atoms. The van der Waals surface area contributed by atoms with Crippen LogP contribution in [-0.4, -0.2) is 38.4 Å². The highest BCUT2D eigenvalue weighted by molar-refractivity contribution is 7.98. The number of aryl methyl sites for hydroxylation is 1. The zero-order valence-corrected chi connectivity index (χ0v) is 16.6. The summed E-state index contributed by atoms with van der Waals surface area (Å²) in [6.45, 7) is 1.91. The minimum Gasteiger partial charge on any atom is -0.352 e. The van der Waals surface area contributed by atoms with Crippen LogP contribution in [0.4, 0.5) is 0 Å². The number of carbonyl (C=O) groups excluding carboxylic acids is 1. The van der Waals surface area contributed by atoms with E-state index in [1.54, 1.807) is 36.0 Å². The van der Waals surface area contributed by atoms with Gasteiger partial charge in [-0.2, -0.15) is 16.5 Å². The Labute approximate surface area is 155 Å². The molecule has 1 aliphatic rings. The predicted octanol–water partition coefficient (Wildman–Crippen LogP) is 2.84. The van der Waals surface area contributed by atoms with Crippen LogP contribution in [0, 0.1) is 6.92 Å². The molecule has 1 atom stereocenters. The summed E-state index contributed by atoms with van der Waals surface area (Å²) in [5.74, 6) is 0.510. The topological polar surface area (TPSA) is 75.3 Å². The molecule has 0 aromatic heterocycles. The Morgan fingerprint density at radius 3 is 2.44 bits per heavy atom. The maximum atomic E-state index is 12.6. The highest BCUT2D eigenvalue weighted by Gasteiger charge is 2.27. The second-order valence-electron chi connectivity index (χ2n) is 6.61. The van der Waals surface area contributed by atoms with Crippen LogP contribution in [0.25, 0.3) is 0 Å². The molecule has 1 amide bonds. The molecule has 0 heterocycles. The van der Waals surface area contributed by atoms with Gasteiger partial charge in [-0.25, -0.2) is 8.42 Å². The number of carbonyl (C=O) groups is 1. The van der Waals surface area contributed by atoms with E-state index in [-0.39, 0.29) is 16.8 Å². The quantitative estimate of drug-likeness (QED) is 0.723. The van der Waals surface area contributed by atoms with Gasteiger partial charge in [0.15, 0.2) is 0 Å². The molecule has 1 aliphatic carbocycles. The fourth-order valence-corrected chi connectivity index (χ4v) is 4.70. The minimum absolute atomic E-state index is 0.168. The van der Waals surface area contributed by atoms with Gasteiger partial charge < -0.3 is 5.32 Å². The van der Waals surface area contributed by atoms with E-state index in [0.717, 1.165) is 37.0 Å². The van der Waals surface area contributed by atoms with Gasteiger partial charge in [0.2, 0.25) is 15.9 Å². The Hall–Kier alpha value is -1.05. The Kier molecular flexibility index (Phi) is 7.78. The number of nitrogens with one attached hydrogen (secondary N) is 2. The third-order valence-corrected chi connectivity index (χ3v) is 6.64. The maximum Gasteiger partial charge on any atom is 0.241 e. The summed E-state index contributed by atoms with van der Waals surface area (Å²) < 4.78 is 27.8. The van der Waals surface area contributed by atoms with Crippen LogP contribution in [0.5, 0.6) is 0 Å². The van der Waals surface area contributed by atoms with Gasteiger partial charge in [0.05, 0.1) is 4.90 Å². The van der Waals surface area contributed by atoms with Crippen molar-refractivity contribution in [2.75, 3.05) is 12.0 Å². The smallest absolute Gasteiger partial charge is 0.241 e. The SMILES string of the molecule is CSCCC(NS(=O)(=O)c1ccc(C)cc1)C(=O)NC1CCCCC1. The largest absolute Gasteiger partial charge is 0.352 e. The second kappa shape index (κ2) is 9.59. The lowest BCUT2D eigenvalue weighted by Crippen LogP contribution is -2.50. The lowest BCUT2D eigenvalue weighted by molar-refractivity contribution is -0.123. The number of amides is 1. The molecule has 1 aromatic rings. The Morgan fingerprint density at radius 2 is 1.84 bits per heavy atom. The van der Waals surface area contributed by atoms with Gasteiger partial charge in [0, 0.05) is 6.04 Å². The molecule has 7 heteroatoms. The summed E-state index contributed by atoms with van der Waals surface area (Å²) in [5.41, 5.74) is 0.993. The van der Waals surface area contributed by atoms with Crippen LogP contribution < -0.4 is 10.0 Å². The molecule has 1 saturated carbocycles. The van der Waals surface area contributed by atoms with Crippen molar-refractivity contribution >= 4 is 27.7 Å². The van der Waals surface area contributed by atoms with E-state index >= 15 is 0 Å². The maximum absolute atomic E-state index is 12.6. The highest BCUT2D eigenvalue weighted by atomic mass is 32.2. The fourth-order valence-electron chi connectivity index (χ4n) is 3.00. The molecular formula is C18H28N2O3S2. The first-order valence-corrected chi connectivity index (χ1v) is 11.7. The van der Waals surface area contributed by atoms with Crippen LogP contribution in [0.2, 0.25) is 0 Å². The van der Waals surface area contributed by atoms with Gasteiger partial charge >= 0.3 is 0 Å². The monoisotopic (exact) mass is 384 g/mol. The van der Waals surface area contributed by atoms with E-state index in [9.17, 15) is 13.2 Å². The van der Waals surface area contributed by atoms with E-state index in [2.05, 4.69) is 10.0 Å². The van der Waals surface area contributed by atoms with Crippen molar-refractivity contribution in [2.45, 2.75) is 62.4 Å². The number of hydrogen-bond donors (Lipinski definition) is 2. The van der Waals surface area contributed by atoms with E-state index in [0.29, 0.717) is 6.42 Å². The first-order valence-electron chi connectivity index (χ1n) is 8.80. The molecule has 0 spiro atoms. The van der Waals surface area contributed by atoms with Gasteiger partial charge in [0.25, 0.3) is 0 Å². The van der Waals surface area contributed by atoms with Crippen LogP contribution >= 0.6 is 11.8 Å². The number of hydrogen-bond acceptors (Lipinski definition) is 4. The van der Waals surface area contributed by atoms with E-state index in [1.807, 2.05) is 13.2 Å². The Bertz CT molecular complexity index is 653. The molecule has 2 rings (SSSR count). The second-order valence-corrected chi connectivity index (χ2v) is 9.31. The normalized spacial score (nSPS) is 17.2. The fraction of sp³-hybridized carbons (Fsp3) is 0.611. The average molecular weight is 385 g/mol. The van der Waals surface area contributed by atoms with E-state index < -0.39 is 16.1 Å². The van der Waals surface area contributed by atoms with Crippen molar-refractivity contribution in [1.29, 1.82) is 0 Å². The van der Waals surface area contributed by atoms with Crippen molar-refractivity contribution in [1.82, 2.24) is 10.0 Å². The third kappa shape index (κ3) is 6.31. The van der Waals surface area contributed by atoms with Crippen LogP contribution in [-0.2, 0) is 14.8 Å². The molecule has 2 N–H and O–H groups in total. The molecule has 0 saturated heterocycles. The van der Waals surface area contributed by atoms with E-state index in [4.69, 9.17) is 0 Å². The summed E-state index contributed by atoms with van der Waals surface area (Å²) in [7, 11) is -3.71. The highest BCUT2D eigenvalue weighted by Crippen LogP contribution is 2.18. The number of sulfonamides is 1. The summed E-state index contributed by atoms with van der Waals surface area (Å²) in [5, 5.41) is 3.04. The van der Waals surface area contributed by atoms with Crippen LogP contribution in [0.1, 0.15) is 44.1 Å². The molecule has 5 nitrogen and oxygen atoms in total. The summed E-state index contributed by atoms with van der Waals surface area (Å²) in [6, 6.07) is 6.09. The first-order chi connectivity index (χ1) is 11.9. The van der Waals surface area contributed by atoms with Crippen molar-refractivity contribution in [3.05, 3.63) is 29.8 Å². The third-order valence-electron chi connectivity index (χ3n) is 4.51. The summed E-state index contributed by atoms with van der Waals surface area (Å²) in [4.78, 5) is 12.8. The van der Waals surface area contributed by atoms with Crippen molar-refractivity contribution < 1.29 is 13.2 Å². The molecule has 0 radical (unpaired) electrons. The predicted molar refractivity (Wildman–Crippen MR) is 103 cm³/mol. The average Bonchev–Trinajstić information content (AvgIpc) is 2.59. The molecule has 1 fully saturated rings. The molecule has 140 valence electrons. The van der Waals surface area contributed by atoms with Gasteiger partial charge in [0.1, 0.15) is 6.04 Å². The number of thioether (sulfide) groups is 1. The van der Waals surface area contributed by atoms with Crippen LogP contribution in [0.15, 0.2) is 29.2 Å².